The van der Waals surface area contributed by atoms with Gasteiger partial charge in [0.1, 0.15) is 5.82 Å². The molecule has 5 aromatic rings. The summed E-state index contributed by atoms with van der Waals surface area (Å²) in [6.45, 7) is 6.16. The monoisotopic (exact) mass is 620 g/mol. The first-order valence-corrected chi connectivity index (χ1v) is 15.1. The van der Waals surface area contributed by atoms with E-state index >= 15 is 0 Å². The number of aromatic nitrogens is 2. The van der Waals surface area contributed by atoms with Crippen molar-refractivity contribution in [1.29, 1.82) is 0 Å². The van der Waals surface area contributed by atoms with Gasteiger partial charge < -0.3 is 4.90 Å². The summed E-state index contributed by atoms with van der Waals surface area (Å²) in [4.78, 5) is 37.3. The van der Waals surface area contributed by atoms with Gasteiger partial charge in [0.05, 0.1) is 28.6 Å². The first-order valence-electron chi connectivity index (χ1n) is 14.3. The van der Waals surface area contributed by atoms with Crippen LogP contribution in [-0.4, -0.2) is 50.9 Å². The third kappa shape index (κ3) is 5.42. The minimum absolute atomic E-state index is 0.0167. The Balaban J connectivity index is 1.31. The number of nitrogens with zero attached hydrogens (tertiary/aromatic N) is 4. The number of carbonyl (C=O) groups excluding carboxylic acids is 1. The van der Waals surface area contributed by atoms with E-state index in [0.29, 0.717) is 36.4 Å². The number of fused-ring (bicyclic) bond motifs is 1. The maximum Gasteiger partial charge on any atom is 0.266 e. The van der Waals surface area contributed by atoms with E-state index in [4.69, 9.17) is 4.98 Å². The highest BCUT2D eigenvalue weighted by Crippen LogP contribution is 2.31. The molecule has 6 nitrogen and oxygen atoms in total. The van der Waals surface area contributed by atoms with E-state index in [-0.39, 0.29) is 29.5 Å². The van der Waals surface area contributed by atoms with E-state index in [9.17, 15) is 9.59 Å². The molecule has 0 aliphatic carbocycles. The molecule has 2 heterocycles. The van der Waals surface area contributed by atoms with Crippen molar-refractivity contribution < 1.29 is 4.79 Å². The van der Waals surface area contributed by atoms with Crippen LogP contribution in [0.15, 0.2) is 118 Å². The summed E-state index contributed by atoms with van der Waals surface area (Å²) in [5.41, 5.74) is 3.37. The van der Waals surface area contributed by atoms with Gasteiger partial charge in [-0.3, -0.25) is 19.1 Å². The Labute approximate surface area is 254 Å². The van der Waals surface area contributed by atoms with Crippen LogP contribution in [-0.2, 0) is 4.79 Å². The van der Waals surface area contributed by atoms with Gasteiger partial charge in [-0.05, 0) is 61.4 Å². The molecule has 1 amide bonds. The highest BCUT2D eigenvalue weighted by molar-refractivity contribution is 9.10. The Hall–Kier alpha value is -4.07. The van der Waals surface area contributed by atoms with Crippen LogP contribution < -0.4 is 5.56 Å². The molecule has 2 unspecified atom stereocenters. The molecule has 0 saturated carbocycles. The molecule has 1 fully saturated rings. The van der Waals surface area contributed by atoms with Crippen LogP contribution in [0.3, 0.4) is 0 Å². The Morgan fingerprint density at radius 1 is 0.833 bits per heavy atom. The third-order valence-corrected chi connectivity index (χ3v) is 8.79. The molecule has 6 rings (SSSR count). The molecular weight excluding hydrogens is 588 g/mol. The standard InChI is InChI=1S/C35H33BrN4O2/c1-24-23-38(21-22-39(24)35(42)32(26-11-5-3-6-12-26)27-13-7-4-8-14-27)25(2)33-37-31-16-10-9-15-30(31)34(41)40(33)29-19-17-28(36)18-20-29/h3-20,24-25,32H,21-23H2,1-2H3. The van der Waals surface area contributed by atoms with Crippen molar-refractivity contribution >= 4 is 32.7 Å². The molecule has 0 radical (unpaired) electrons. The molecule has 0 bridgehead atoms. The van der Waals surface area contributed by atoms with Crippen LogP contribution in [0.2, 0.25) is 0 Å². The second-order valence-electron chi connectivity index (χ2n) is 10.9. The Morgan fingerprint density at radius 2 is 1.43 bits per heavy atom. The van der Waals surface area contributed by atoms with Crippen molar-refractivity contribution in [2.75, 3.05) is 19.6 Å². The van der Waals surface area contributed by atoms with Crippen LogP contribution in [0.5, 0.6) is 0 Å². The Kier molecular flexibility index (Phi) is 8.05. The molecule has 7 heteroatoms. The quantitative estimate of drug-likeness (QED) is 0.215. The van der Waals surface area contributed by atoms with Gasteiger partial charge in [-0.2, -0.15) is 0 Å². The number of carbonyl (C=O) groups is 1. The number of halogens is 1. The van der Waals surface area contributed by atoms with Crippen molar-refractivity contribution in [3.8, 4) is 5.69 Å². The van der Waals surface area contributed by atoms with Gasteiger partial charge in [-0.15, -0.1) is 0 Å². The Bertz CT molecular complexity index is 1720. The largest absolute Gasteiger partial charge is 0.337 e. The average molecular weight is 622 g/mol. The first kappa shape index (κ1) is 28.1. The summed E-state index contributed by atoms with van der Waals surface area (Å²) in [6.07, 6.45) is 0. The third-order valence-electron chi connectivity index (χ3n) is 8.26. The number of piperazine rings is 1. The summed E-state index contributed by atoms with van der Waals surface area (Å²) in [5.74, 6) is 0.450. The zero-order valence-electron chi connectivity index (χ0n) is 23.7. The fourth-order valence-corrected chi connectivity index (χ4v) is 6.30. The molecule has 1 aliphatic rings. The fraction of sp³-hybridized carbons (Fsp3) is 0.229. The zero-order chi connectivity index (χ0) is 29.2. The highest BCUT2D eigenvalue weighted by Gasteiger charge is 2.35. The minimum atomic E-state index is -0.358. The molecule has 1 saturated heterocycles. The number of hydrogen-bond acceptors (Lipinski definition) is 4. The minimum Gasteiger partial charge on any atom is -0.337 e. The summed E-state index contributed by atoms with van der Waals surface area (Å²) in [7, 11) is 0. The van der Waals surface area contributed by atoms with Crippen LogP contribution in [0.25, 0.3) is 16.6 Å². The average Bonchev–Trinajstić information content (AvgIpc) is 3.02. The van der Waals surface area contributed by atoms with E-state index in [0.717, 1.165) is 21.3 Å². The molecule has 212 valence electrons. The van der Waals surface area contributed by atoms with Crippen LogP contribution in [0.1, 0.15) is 42.8 Å². The van der Waals surface area contributed by atoms with Crippen LogP contribution in [0.4, 0.5) is 0 Å². The van der Waals surface area contributed by atoms with Gasteiger partial charge in [0, 0.05) is 30.1 Å². The second kappa shape index (κ2) is 12.0. The fourth-order valence-electron chi connectivity index (χ4n) is 6.03. The summed E-state index contributed by atoms with van der Waals surface area (Å²) >= 11 is 3.51. The molecule has 1 aliphatic heterocycles. The van der Waals surface area contributed by atoms with Crippen molar-refractivity contribution in [1.82, 2.24) is 19.4 Å². The molecule has 42 heavy (non-hydrogen) atoms. The number of amides is 1. The molecule has 4 aromatic carbocycles. The van der Waals surface area contributed by atoms with Gasteiger partial charge in [0.15, 0.2) is 0 Å². The van der Waals surface area contributed by atoms with E-state index in [1.54, 1.807) is 4.57 Å². The zero-order valence-corrected chi connectivity index (χ0v) is 25.3. The number of hydrogen-bond donors (Lipinski definition) is 0. The topological polar surface area (TPSA) is 58.4 Å². The van der Waals surface area contributed by atoms with Gasteiger partial charge in [-0.25, -0.2) is 4.98 Å². The van der Waals surface area contributed by atoms with E-state index in [2.05, 4.69) is 34.7 Å². The summed E-state index contributed by atoms with van der Waals surface area (Å²) in [6, 6.07) is 35.1. The maximum atomic E-state index is 14.2. The Morgan fingerprint density at radius 3 is 2.05 bits per heavy atom. The van der Waals surface area contributed by atoms with Gasteiger partial charge in [-0.1, -0.05) is 88.7 Å². The van der Waals surface area contributed by atoms with Crippen molar-refractivity contribution in [2.24, 2.45) is 0 Å². The molecule has 0 spiro atoms. The smallest absolute Gasteiger partial charge is 0.266 e. The van der Waals surface area contributed by atoms with Gasteiger partial charge >= 0.3 is 0 Å². The normalized spacial score (nSPS) is 16.6. The lowest BCUT2D eigenvalue weighted by Gasteiger charge is -2.43. The lowest BCUT2D eigenvalue weighted by Crippen LogP contribution is -2.55. The lowest BCUT2D eigenvalue weighted by atomic mass is 9.89. The van der Waals surface area contributed by atoms with E-state index in [1.165, 1.54) is 0 Å². The maximum absolute atomic E-state index is 14.2. The van der Waals surface area contributed by atoms with Crippen molar-refractivity contribution in [3.05, 3.63) is 141 Å². The number of para-hydroxylation sites is 1. The molecular formula is C35H33BrN4O2. The van der Waals surface area contributed by atoms with Crippen molar-refractivity contribution in [3.63, 3.8) is 0 Å². The predicted molar refractivity (Wildman–Crippen MR) is 171 cm³/mol. The number of benzene rings is 4. The lowest BCUT2D eigenvalue weighted by molar-refractivity contribution is -0.136. The predicted octanol–water partition coefficient (Wildman–Crippen LogP) is 6.57. The molecule has 1 aromatic heterocycles. The van der Waals surface area contributed by atoms with E-state index < -0.39 is 0 Å². The number of rotatable bonds is 6. The van der Waals surface area contributed by atoms with Crippen LogP contribution in [0, 0.1) is 0 Å². The second-order valence-corrected chi connectivity index (χ2v) is 11.8. The highest BCUT2D eigenvalue weighted by atomic mass is 79.9. The molecule has 2 atom stereocenters. The first-order chi connectivity index (χ1) is 20.4. The van der Waals surface area contributed by atoms with Gasteiger partial charge in [0.25, 0.3) is 5.56 Å². The molecule has 0 N–H and O–H groups in total. The summed E-state index contributed by atoms with van der Waals surface area (Å²) in [5, 5.41) is 0.591. The van der Waals surface area contributed by atoms with E-state index in [1.807, 2.05) is 114 Å². The van der Waals surface area contributed by atoms with Gasteiger partial charge in [0.2, 0.25) is 5.91 Å². The van der Waals surface area contributed by atoms with Crippen LogP contribution >= 0.6 is 15.9 Å². The summed E-state index contributed by atoms with van der Waals surface area (Å²) < 4.78 is 2.68. The SMILES string of the molecule is CC(c1nc2ccccc2c(=O)n1-c1ccc(Br)cc1)N1CCN(C(=O)C(c2ccccc2)c2ccccc2)C(C)C1. The van der Waals surface area contributed by atoms with Crippen molar-refractivity contribution in [2.45, 2.75) is 31.8 Å².